The van der Waals surface area contributed by atoms with Crippen LogP contribution in [-0.4, -0.2) is 24.0 Å². The zero-order valence-corrected chi connectivity index (χ0v) is 5.26. The molecule has 1 heterocycles. The smallest absolute Gasteiger partial charge is 0.321 e. The fraction of sp³-hybridized carbons (Fsp3) is 0.500. The first-order valence-electron chi connectivity index (χ1n) is 3.01. The summed E-state index contributed by atoms with van der Waals surface area (Å²) in [5.41, 5.74) is 0. The summed E-state index contributed by atoms with van der Waals surface area (Å²) in [5.74, 6) is 0. The van der Waals surface area contributed by atoms with E-state index in [4.69, 9.17) is 0 Å². The Kier molecular flexibility index (Phi) is 1.72. The zero-order valence-electron chi connectivity index (χ0n) is 5.26. The number of nitrogens with one attached hydrogen (secondary N) is 1. The van der Waals surface area contributed by atoms with Crippen LogP contribution < -0.4 is 5.32 Å². The maximum atomic E-state index is 10.8. The molecule has 1 fully saturated rings. The minimum absolute atomic E-state index is 0.0312. The molecule has 3 heteroatoms. The third kappa shape index (κ3) is 1.22. The van der Waals surface area contributed by atoms with E-state index in [1.807, 2.05) is 0 Å². The van der Waals surface area contributed by atoms with Crippen molar-refractivity contribution >= 4 is 6.03 Å². The molecule has 0 spiro atoms. The summed E-state index contributed by atoms with van der Waals surface area (Å²) in [6, 6.07) is -0.0312. The lowest BCUT2D eigenvalue weighted by Crippen LogP contribution is -2.43. The van der Waals surface area contributed by atoms with E-state index in [1.165, 1.54) is 0 Å². The van der Waals surface area contributed by atoms with Crippen LogP contribution in [0.15, 0.2) is 12.8 Å². The average molecular weight is 126 g/mol. The molecule has 1 saturated heterocycles. The molecule has 0 radical (unpaired) electrons. The molecule has 0 unspecified atom stereocenters. The first-order valence-corrected chi connectivity index (χ1v) is 3.01. The van der Waals surface area contributed by atoms with Gasteiger partial charge in [0.2, 0.25) is 0 Å². The van der Waals surface area contributed by atoms with E-state index >= 15 is 0 Å². The molecule has 3 nitrogen and oxygen atoms in total. The molecule has 0 bridgehead atoms. The van der Waals surface area contributed by atoms with Gasteiger partial charge in [0.1, 0.15) is 0 Å². The number of carbonyl (C=O) groups is 1. The third-order valence-electron chi connectivity index (χ3n) is 1.33. The van der Waals surface area contributed by atoms with Crippen molar-refractivity contribution in [3.63, 3.8) is 0 Å². The van der Waals surface area contributed by atoms with E-state index in [2.05, 4.69) is 11.9 Å². The summed E-state index contributed by atoms with van der Waals surface area (Å²) >= 11 is 0. The van der Waals surface area contributed by atoms with Crippen LogP contribution in [0.1, 0.15) is 6.42 Å². The van der Waals surface area contributed by atoms with E-state index < -0.39 is 0 Å². The van der Waals surface area contributed by atoms with E-state index in [-0.39, 0.29) is 6.03 Å². The van der Waals surface area contributed by atoms with E-state index in [1.54, 1.807) is 11.1 Å². The largest absolute Gasteiger partial charge is 0.338 e. The van der Waals surface area contributed by atoms with Gasteiger partial charge < -0.3 is 10.2 Å². The van der Waals surface area contributed by atoms with Crippen LogP contribution in [0, 0.1) is 0 Å². The van der Waals surface area contributed by atoms with Gasteiger partial charge in [0, 0.05) is 19.3 Å². The van der Waals surface area contributed by atoms with Gasteiger partial charge in [-0.1, -0.05) is 6.58 Å². The highest BCUT2D eigenvalue weighted by molar-refractivity contribution is 5.75. The first kappa shape index (κ1) is 6.13. The molecule has 0 aliphatic carbocycles. The molecule has 1 rings (SSSR count). The van der Waals surface area contributed by atoms with Gasteiger partial charge in [-0.15, -0.1) is 0 Å². The van der Waals surface area contributed by atoms with Crippen LogP contribution in [0.3, 0.4) is 0 Å². The molecule has 1 aliphatic rings. The highest BCUT2D eigenvalue weighted by Gasteiger charge is 2.12. The van der Waals surface area contributed by atoms with Gasteiger partial charge in [-0.2, -0.15) is 0 Å². The Morgan fingerprint density at radius 1 is 1.78 bits per heavy atom. The van der Waals surface area contributed by atoms with E-state index in [0.29, 0.717) is 0 Å². The van der Waals surface area contributed by atoms with Gasteiger partial charge in [0.25, 0.3) is 0 Å². The molecular weight excluding hydrogens is 116 g/mol. The number of rotatable bonds is 1. The Balaban J connectivity index is 2.48. The van der Waals surface area contributed by atoms with Crippen LogP contribution in [0.2, 0.25) is 0 Å². The predicted octanol–water partition coefficient (Wildman–Crippen LogP) is 0.545. The monoisotopic (exact) mass is 126 g/mol. The molecular formula is C6H10N2O. The minimum atomic E-state index is -0.0312. The average Bonchev–Trinajstić information content (AvgIpc) is 1.89. The van der Waals surface area contributed by atoms with Crippen molar-refractivity contribution in [3.8, 4) is 0 Å². The molecule has 50 valence electrons. The maximum Gasteiger partial charge on any atom is 0.321 e. The summed E-state index contributed by atoms with van der Waals surface area (Å²) in [7, 11) is 0. The number of amides is 2. The minimum Gasteiger partial charge on any atom is -0.338 e. The summed E-state index contributed by atoms with van der Waals surface area (Å²) in [5, 5.41) is 2.70. The van der Waals surface area contributed by atoms with E-state index in [9.17, 15) is 4.79 Å². The van der Waals surface area contributed by atoms with Gasteiger partial charge in [0.15, 0.2) is 0 Å². The third-order valence-corrected chi connectivity index (χ3v) is 1.33. The van der Waals surface area contributed by atoms with Gasteiger partial charge in [-0.25, -0.2) is 4.79 Å². The predicted molar refractivity (Wildman–Crippen MR) is 34.9 cm³/mol. The summed E-state index contributed by atoms with van der Waals surface area (Å²) < 4.78 is 0. The first-order chi connectivity index (χ1) is 4.34. The molecule has 0 aromatic carbocycles. The Morgan fingerprint density at radius 2 is 2.56 bits per heavy atom. The number of carbonyl (C=O) groups excluding carboxylic acids is 1. The van der Waals surface area contributed by atoms with Crippen molar-refractivity contribution in [1.82, 2.24) is 10.2 Å². The van der Waals surface area contributed by atoms with Gasteiger partial charge in [-0.3, -0.25) is 0 Å². The van der Waals surface area contributed by atoms with Crippen LogP contribution >= 0.6 is 0 Å². The Morgan fingerprint density at radius 3 is 3.00 bits per heavy atom. The number of nitrogens with zero attached hydrogens (tertiary/aromatic N) is 1. The molecule has 9 heavy (non-hydrogen) atoms. The SMILES string of the molecule is C=CN1CCCNC1=O. The normalized spacial score (nSPS) is 19.1. The second-order valence-electron chi connectivity index (χ2n) is 1.96. The lowest BCUT2D eigenvalue weighted by molar-refractivity contribution is 0.206. The molecule has 0 saturated carbocycles. The standard InChI is InChI=1S/C6H10N2O/c1-2-8-5-3-4-7-6(8)9/h2H,1,3-5H2,(H,7,9). The second-order valence-corrected chi connectivity index (χ2v) is 1.96. The van der Waals surface area contributed by atoms with Crippen LogP contribution in [0.4, 0.5) is 4.79 Å². The van der Waals surface area contributed by atoms with Crippen molar-refractivity contribution in [2.45, 2.75) is 6.42 Å². The second kappa shape index (κ2) is 2.53. The molecule has 0 aromatic rings. The Labute approximate surface area is 54.3 Å². The lowest BCUT2D eigenvalue weighted by Gasteiger charge is -2.23. The highest BCUT2D eigenvalue weighted by Crippen LogP contribution is 1.97. The molecule has 1 N–H and O–H groups in total. The number of hydrogen-bond donors (Lipinski definition) is 1. The Hall–Kier alpha value is -0.990. The van der Waals surface area contributed by atoms with Gasteiger partial charge >= 0.3 is 6.03 Å². The fourth-order valence-electron chi connectivity index (χ4n) is 0.822. The fourth-order valence-corrected chi connectivity index (χ4v) is 0.822. The van der Waals surface area contributed by atoms with Gasteiger partial charge in [0.05, 0.1) is 0 Å². The lowest BCUT2D eigenvalue weighted by atomic mass is 10.3. The van der Waals surface area contributed by atoms with Crippen molar-refractivity contribution in [1.29, 1.82) is 0 Å². The van der Waals surface area contributed by atoms with Crippen molar-refractivity contribution in [3.05, 3.63) is 12.8 Å². The molecule has 2 amide bonds. The molecule has 0 atom stereocenters. The van der Waals surface area contributed by atoms with Crippen molar-refractivity contribution in [2.75, 3.05) is 13.1 Å². The maximum absolute atomic E-state index is 10.8. The Bertz CT molecular complexity index is 133. The molecule has 1 aliphatic heterocycles. The van der Waals surface area contributed by atoms with Crippen molar-refractivity contribution < 1.29 is 4.79 Å². The number of urea groups is 1. The summed E-state index contributed by atoms with van der Waals surface area (Å²) in [6.45, 7) is 5.10. The van der Waals surface area contributed by atoms with Gasteiger partial charge in [-0.05, 0) is 6.42 Å². The summed E-state index contributed by atoms with van der Waals surface area (Å²) in [6.07, 6.45) is 2.56. The number of hydrogen-bond acceptors (Lipinski definition) is 1. The van der Waals surface area contributed by atoms with Crippen LogP contribution in [-0.2, 0) is 0 Å². The van der Waals surface area contributed by atoms with Crippen molar-refractivity contribution in [2.24, 2.45) is 0 Å². The van der Waals surface area contributed by atoms with E-state index in [0.717, 1.165) is 19.5 Å². The molecule has 0 aromatic heterocycles. The quantitative estimate of drug-likeness (QED) is 0.546. The van der Waals surface area contributed by atoms with Crippen LogP contribution in [0.5, 0.6) is 0 Å². The van der Waals surface area contributed by atoms with Crippen LogP contribution in [0.25, 0.3) is 0 Å². The zero-order chi connectivity index (χ0) is 6.69. The summed E-state index contributed by atoms with van der Waals surface area (Å²) in [4.78, 5) is 12.3. The highest BCUT2D eigenvalue weighted by atomic mass is 16.2. The topological polar surface area (TPSA) is 32.3 Å².